The normalized spacial score (nSPS) is 12.9. The summed E-state index contributed by atoms with van der Waals surface area (Å²) in [7, 11) is 0. The van der Waals surface area contributed by atoms with Gasteiger partial charge in [0.15, 0.2) is 6.04 Å². The van der Waals surface area contributed by atoms with Crippen LogP contribution >= 0.6 is 0 Å². The lowest BCUT2D eigenvalue weighted by molar-refractivity contribution is -0.142. The largest absolute Gasteiger partial charge is 0.480 e. The quantitative estimate of drug-likeness (QED) is 0.745. The van der Waals surface area contributed by atoms with Crippen LogP contribution in [-0.2, 0) is 16.1 Å². The van der Waals surface area contributed by atoms with E-state index in [2.05, 4.69) is 10.3 Å². The number of hydrogen-bond acceptors (Lipinski definition) is 5. The number of carboxylic acid groups (broad SMARTS) is 1. The van der Waals surface area contributed by atoms with Crippen LogP contribution < -0.4 is 5.32 Å². The number of nitrogens with one attached hydrogen (secondary N) is 1. The number of ether oxygens (including phenoxy) is 1. The molecule has 126 valence electrons. The lowest BCUT2D eigenvalue weighted by atomic mass is 10.0. The molecule has 1 aromatic carbocycles. The van der Waals surface area contributed by atoms with Crippen molar-refractivity contribution in [3.05, 3.63) is 65.5 Å². The summed E-state index contributed by atoms with van der Waals surface area (Å²) < 4.78 is 4.98. The van der Waals surface area contributed by atoms with Crippen LogP contribution in [0.4, 0.5) is 4.79 Å². The molecule has 7 nitrogen and oxygen atoms in total. The number of carbonyl (C=O) groups excluding carboxylic acids is 1. The number of alkyl carbamates (subject to hydrolysis) is 1. The highest BCUT2D eigenvalue weighted by Gasteiger charge is 2.31. The van der Waals surface area contributed by atoms with E-state index in [-0.39, 0.29) is 12.3 Å². The molecule has 0 aliphatic rings. The van der Waals surface area contributed by atoms with Crippen LogP contribution in [0.5, 0.6) is 0 Å². The van der Waals surface area contributed by atoms with Crippen LogP contribution in [0, 0.1) is 6.92 Å². The number of amides is 1. The highest BCUT2D eigenvalue weighted by Crippen LogP contribution is 2.18. The molecule has 0 saturated heterocycles. The van der Waals surface area contributed by atoms with Gasteiger partial charge in [0.1, 0.15) is 12.7 Å². The number of aliphatic hydroxyl groups is 1. The standard InChI is InChI=1S/C17H18N2O5/c1-11-6-5-9-18-13(11)15(20)14(16(21)22)19-17(23)24-10-12-7-3-2-4-8-12/h2-9,14-15,20H,10H2,1H3,(H,19,23)(H,21,22)/t14-,15-/m1/s1. The molecule has 2 rings (SSSR count). The summed E-state index contributed by atoms with van der Waals surface area (Å²) in [5.41, 5.74) is 1.57. The van der Waals surface area contributed by atoms with Crippen molar-refractivity contribution < 1.29 is 24.5 Å². The molecule has 24 heavy (non-hydrogen) atoms. The van der Waals surface area contributed by atoms with Gasteiger partial charge in [-0.15, -0.1) is 0 Å². The summed E-state index contributed by atoms with van der Waals surface area (Å²) in [4.78, 5) is 27.2. The second-order valence-electron chi connectivity index (χ2n) is 5.17. The fourth-order valence-corrected chi connectivity index (χ4v) is 2.13. The molecular weight excluding hydrogens is 312 g/mol. The van der Waals surface area contributed by atoms with Gasteiger partial charge in [-0.2, -0.15) is 0 Å². The van der Waals surface area contributed by atoms with E-state index < -0.39 is 24.2 Å². The van der Waals surface area contributed by atoms with Crippen molar-refractivity contribution in [2.24, 2.45) is 0 Å². The SMILES string of the molecule is Cc1cccnc1[C@@H](O)[C@@H](NC(=O)OCc1ccccc1)C(=O)O. The third-order valence-electron chi connectivity index (χ3n) is 3.40. The molecule has 7 heteroatoms. The summed E-state index contributed by atoms with van der Waals surface area (Å²) in [6, 6.07) is 10.8. The smallest absolute Gasteiger partial charge is 0.408 e. The van der Waals surface area contributed by atoms with E-state index in [0.717, 1.165) is 5.56 Å². The van der Waals surface area contributed by atoms with Crippen molar-refractivity contribution in [3.63, 3.8) is 0 Å². The van der Waals surface area contributed by atoms with Crippen LogP contribution in [0.15, 0.2) is 48.7 Å². The van der Waals surface area contributed by atoms with Crippen molar-refractivity contribution in [3.8, 4) is 0 Å². The molecule has 2 atom stereocenters. The van der Waals surface area contributed by atoms with Gasteiger partial charge in [-0.3, -0.25) is 4.98 Å². The maximum atomic E-state index is 11.8. The number of pyridine rings is 1. The molecule has 0 spiro atoms. The molecule has 0 bridgehead atoms. The molecule has 0 unspecified atom stereocenters. The zero-order valence-corrected chi connectivity index (χ0v) is 13.0. The molecule has 1 heterocycles. The van der Waals surface area contributed by atoms with E-state index in [1.165, 1.54) is 6.20 Å². The molecule has 0 radical (unpaired) electrons. The van der Waals surface area contributed by atoms with Gasteiger partial charge < -0.3 is 20.3 Å². The zero-order valence-electron chi connectivity index (χ0n) is 13.0. The Hall–Kier alpha value is -2.93. The summed E-state index contributed by atoms with van der Waals surface area (Å²) >= 11 is 0. The minimum absolute atomic E-state index is 0.00226. The fraction of sp³-hybridized carbons (Fsp3) is 0.235. The van der Waals surface area contributed by atoms with Gasteiger partial charge in [0.25, 0.3) is 0 Å². The summed E-state index contributed by atoms with van der Waals surface area (Å²) in [5.74, 6) is -1.38. The Kier molecular flexibility index (Phi) is 5.86. The first-order valence-electron chi connectivity index (χ1n) is 7.28. The molecular formula is C17H18N2O5. The number of aromatic nitrogens is 1. The number of rotatable bonds is 6. The molecule has 1 aromatic heterocycles. The number of carboxylic acids is 1. The van der Waals surface area contributed by atoms with Gasteiger partial charge in [0, 0.05) is 6.20 Å². The lowest BCUT2D eigenvalue weighted by Crippen LogP contribution is -2.45. The average molecular weight is 330 g/mol. The third-order valence-corrected chi connectivity index (χ3v) is 3.40. The first-order valence-corrected chi connectivity index (χ1v) is 7.28. The summed E-state index contributed by atoms with van der Waals surface area (Å²) in [6.45, 7) is 1.69. The van der Waals surface area contributed by atoms with Crippen molar-refractivity contribution in [1.82, 2.24) is 10.3 Å². The van der Waals surface area contributed by atoms with Gasteiger partial charge in [0.05, 0.1) is 5.69 Å². The van der Waals surface area contributed by atoms with E-state index in [1.54, 1.807) is 43.3 Å². The number of hydrogen-bond donors (Lipinski definition) is 3. The second-order valence-corrected chi connectivity index (χ2v) is 5.17. The van der Waals surface area contributed by atoms with E-state index in [9.17, 15) is 19.8 Å². The third kappa shape index (κ3) is 4.53. The van der Waals surface area contributed by atoms with Crippen LogP contribution in [-0.4, -0.2) is 33.3 Å². The fourth-order valence-electron chi connectivity index (χ4n) is 2.13. The Balaban J connectivity index is 2.01. The predicted molar refractivity (Wildman–Crippen MR) is 85.1 cm³/mol. The van der Waals surface area contributed by atoms with Crippen molar-refractivity contribution in [1.29, 1.82) is 0 Å². The molecule has 0 aliphatic carbocycles. The zero-order chi connectivity index (χ0) is 17.5. The molecule has 1 amide bonds. The second kappa shape index (κ2) is 8.07. The average Bonchev–Trinajstić information content (AvgIpc) is 2.58. The number of benzene rings is 1. The topological polar surface area (TPSA) is 109 Å². The number of aliphatic carboxylic acids is 1. The summed E-state index contributed by atoms with van der Waals surface area (Å²) in [6.07, 6.45) is -0.982. The Morgan fingerprint density at radius 2 is 1.92 bits per heavy atom. The maximum Gasteiger partial charge on any atom is 0.408 e. The van der Waals surface area contributed by atoms with Crippen LogP contribution in [0.1, 0.15) is 22.9 Å². The molecule has 0 fully saturated rings. The Bertz CT molecular complexity index is 705. The van der Waals surface area contributed by atoms with E-state index >= 15 is 0 Å². The number of nitrogens with zero attached hydrogens (tertiary/aromatic N) is 1. The first-order chi connectivity index (χ1) is 11.5. The van der Waals surface area contributed by atoms with Crippen molar-refractivity contribution >= 4 is 12.1 Å². The molecule has 0 aliphatic heterocycles. The van der Waals surface area contributed by atoms with Crippen LogP contribution in [0.2, 0.25) is 0 Å². The van der Waals surface area contributed by atoms with E-state index in [1.807, 2.05) is 6.07 Å². The van der Waals surface area contributed by atoms with Gasteiger partial charge in [-0.05, 0) is 24.1 Å². The van der Waals surface area contributed by atoms with Crippen molar-refractivity contribution in [2.45, 2.75) is 25.7 Å². The predicted octanol–water partition coefficient (Wildman–Crippen LogP) is 1.80. The molecule has 2 aromatic rings. The van der Waals surface area contributed by atoms with Gasteiger partial charge in [-0.25, -0.2) is 9.59 Å². The highest BCUT2D eigenvalue weighted by atomic mass is 16.5. The van der Waals surface area contributed by atoms with E-state index in [0.29, 0.717) is 5.56 Å². The maximum absolute atomic E-state index is 11.8. The molecule has 0 saturated carbocycles. The monoisotopic (exact) mass is 330 g/mol. The molecule has 3 N–H and O–H groups in total. The summed E-state index contributed by atoms with van der Waals surface area (Å²) in [5, 5.41) is 21.7. The van der Waals surface area contributed by atoms with E-state index in [4.69, 9.17) is 4.74 Å². The first kappa shape index (κ1) is 17.4. The van der Waals surface area contributed by atoms with Crippen LogP contribution in [0.25, 0.3) is 0 Å². The van der Waals surface area contributed by atoms with Gasteiger partial charge >= 0.3 is 12.1 Å². The van der Waals surface area contributed by atoms with Crippen LogP contribution in [0.3, 0.4) is 0 Å². The van der Waals surface area contributed by atoms with Gasteiger partial charge in [-0.1, -0.05) is 36.4 Å². The number of carbonyl (C=O) groups is 2. The Morgan fingerprint density at radius 1 is 1.21 bits per heavy atom. The number of aryl methyl sites for hydroxylation is 1. The highest BCUT2D eigenvalue weighted by molar-refractivity contribution is 5.80. The Morgan fingerprint density at radius 3 is 2.54 bits per heavy atom. The lowest BCUT2D eigenvalue weighted by Gasteiger charge is -2.21. The van der Waals surface area contributed by atoms with Gasteiger partial charge in [0.2, 0.25) is 0 Å². The minimum atomic E-state index is -1.57. The van der Waals surface area contributed by atoms with Crippen molar-refractivity contribution in [2.75, 3.05) is 0 Å². The Labute approximate surface area is 138 Å². The minimum Gasteiger partial charge on any atom is -0.480 e. The number of aliphatic hydroxyl groups excluding tert-OH is 1.